The van der Waals surface area contributed by atoms with Gasteiger partial charge in [-0.15, -0.1) is 0 Å². The molecule has 0 aromatic heterocycles. The number of ether oxygens (including phenoxy) is 2. The lowest BCUT2D eigenvalue weighted by molar-refractivity contribution is -0.142. The number of carbonyl (C=O) groups excluding carboxylic acids is 1. The average molecular weight is 184 g/mol. The molecule has 0 unspecified atom stereocenters. The molecule has 0 saturated carbocycles. The molecule has 0 amide bonds. The molecule has 0 spiro atoms. The fourth-order valence-corrected chi connectivity index (χ4v) is 0.757. The molecule has 0 atom stereocenters. The SMILES string of the molecule is COC(=O)COc1ccccc1F. The minimum atomic E-state index is -0.539. The monoisotopic (exact) mass is 184 g/mol. The summed E-state index contributed by atoms with van der Waals surface area (Å²) in [5.74, 6) is -0.984. The predicted molar refractivity (Wildman–Crippen MR) is 43.9 cm³/mol. The molecule has 0 radical (unpaired) electrons. The Hall–Kier alpha value is -1.58. The van der Waals surface area contributed by atoms with Crippen LogP contribution >= 0.6 is 0 Å². The molecular formula is C9H9FO3. The Kier molecular flexibility index (Phi) is 3.25. The Labute approximate surface area is 75.1 Å². The van der Waals surface area contributed by atoms with Crippen LogP contribution in [0.1, 0.15) is 0 Å². The van der Waals surface area contributed by atoms with Gasteiger partial charge in [-0.05, 0) is 12.1 Å². The maximum Gasteiger partial charge on any atom is 0.343 e. The van der Waals surface area contributed by atoms with Crippen LogP contribution in [-0.2, 0) is 9.53 Å². The molecule has 1 aromatic rings. The number of methoxy groups -OCH3 is 1. The minimum Gasteiger partial charge on any atom is -0.479 e. The highest BCUT2D eigenvalue weighted by atomic mass is 19.1. The van der Waals surface area contributed by atoms with Crippen molar-refractivity contribution in [2.24, 2.45) is 0 Å². The molecule has 0 aliphatic rings. The fourth-order valence-electron chi connectivity index (χ4n) is 0.757. The summed E-state index contributed by atoms with van der Waals surface area (Å²) in [5, 5.41) is 0. The lowest BCUT2D eigenvalue weighted by atomic mass is 10.3. The molecule has 0 aliphatic heterocycles. The van der Waals surface area contributed by atoms with Crippen LogP contribution in [-0.4, -0.2) is 19.7 Å². The second-order valence-electron chi connectivity index (χ2n) is 2.30. The molecule has 13 heavy (non-hydrogen) atoms. The quantitative estimate of drug-likeness (QED) is 0.665. The van der Waals surface area contributed by atoms with Crippen molar-refractivity contribution in [3.05, 3.63) is 30.1 Å². The van der Waals surface area contributed by atoms with Gasteiger partial charge in [-0.3, -0.25) is 0 Å². The lowest BCUT2D eigenvalue weighted by Gasteiger charge is -2.04. The van der Waals surface area contributed by atoms with E-state index in [-0.39, 0.29) is 12.4 Å². The number of carbonyl (C=O) groups is 1. The number of para-hydroxylation sites is 1. The van der Waals surface area contributed by atoms with Crippen LogP contribution in [0.25, 0.3) is 0 Å². The first-order valence-corrected chi connectivity index (χ1v) is 3.68. The molecule has 0 saturated heterocycles. The van der Waals surface area contributed by atoms with E-state index < -0.39 is 11.8 Å². The van der Waals surface area contributed by atoms with Gasteiger partial charge in [0.25, 0.3) is 0 Å². The largest absolute Gasteiger partial charge is 0.479 e. The molecule has 0 bridgehead atoms. The van der Waals surface area contributed by atoms with E-state index in [4.69, 9.17) is 4.74 Å². The first-order chi connectivity index (χ1) is 6.24. The summed E-state index contributed by atoms with van der Waals surface area (Å²) in [6.45, 7) is -0.280. The molecule has 0 N–H and O–H groups in total. The van der Waals surface area contributed by atoms with Gasteiger partial charge in [-0.1, -0.05) is 12.1 Å². The molecule has 0 fully saturated rings. The van der Waals surface area contributed by atoms with E-state index in [0.29, 0.717) is 0 Å². The molecule has 3 nitrogen and oxygen atoms in total. The molecule has 1 aromatic carbocycles. The number of hydrogen-bond donors (Lipinski definition) is 0. The van der Waals surface area contributed by atoms with Gasteiger partial charge in [-0.25, -0.2) is 9.18 Å². The highest BCUT2D eigenvalue weighted by Crippen LogP contribution is 2.14. The maximum absolute atomic E-state index is 12.9. The average Bonchev–Trinajstić information content (AvgIpc) is 2.16. The zero-order valence-corrected chi connectivity index (χ0v) is 7.12. The van der Waals surface area contributed by atoms with Crippen LogP contribution in [0, 0.1) is 5.82 Å². The van der Waals surface area contributed by atoms with Gasteiger partial charge in [-0.2, -0.15) is 0 Å². The molecular weight excluding hydrogens is 175 g/mol. The number of hydrogen-bond acceptors (Lipinski definition) is 3. The van der Waals surface area contributed by atoms with Gasteiger partial charge in [0, 0.05) is 0 Å². The molecule has 4 heteroatoms. The van der Waals surface area contributed by atoms with Gasteiger partial charge in [0.15, 0.2) is 18.2 Å². The normalized spacial score (nSPS) is 9.38. The Balaban J connectivity index is 2.54. The van der Waals surface area contributed by atoms with Crippen molar-refractivity contribution in [1.82, 2.24) is 0 Å². The van der Waals surface area contributed by atoms with Gasteiger partial charge in [0.05, 0.1) is 7.11 Å². The minimum absolute atomic E-state index is 0.0490. The van der Waals surface area contributed by atoms with Crippen molar-refractivity contribution in [3.8, 4) is 5.75 Å². The number of rotatable bonds is 3. The van der Waals surface area contributed by atoms with Crippen molar-refractivity contribution in [1.29, 1.82) is 0 Å². The maximum atomic E-state index is 12.9. The lowest BCUT2D eigenvalue weighted by Crippen LogP contribution is -2.13. The molecule has 0 aliphatic carbocycles. The van der Waals surface area contributed by atoms with E-state index in [1.807, 2.05) is 0 Å². The number of benzene rings is 1. The van der Waals surface area contributed by atoms with Crippen molar-refractivity contribution < 1.29 is 18.7 Å². The van der Waals surface area contributed by atoms with Crippen LogP contribution in [0.2, 0.25) is 0 Å². The third-order valence-electron chi connectivity index (χ3n) is 1.41. The van der Waals surface area contributed by atoms with Crippen molar-refractivity contribution in [3.63, 3.8) is 0 Å². The Morgan fingerprint density at radius 2 is 2.15 bits per heavy atom. The highest BCUT2D eigenvalue weighted by molar-refractivity contribution is 5.70. The second kappa shape index (κ2) is 4.45. The van der Waals surface area contributed by atoms with Gasteiger partial charge in [0.1, 0.15) is 0 Å². The Morgan fingerprint density at radius 1 is 1.46 bits per heavy atom. The highest BCUT2D eigenvalue weighted by Gasteiger charge is 2.04. The van der Waals surface area contributed by atoms with Crippen LogP contribution in [0.5, 0.6) is 5.75 Å². The number of halogens is 1. The van der Waals surface area contributed by atoms with Crippen LogP contribution < -0.4 is 4.74 Å². The van der Waals surface area contributed by atoms with Crippen LogP contribution in [0.4, 0.5) is 4.39 Å². The predicted octanol–water partition coefficient (Wildman–Crippen LogP) is 1.38. The second-order valence-corrected chi connectivity index (χ2v) is 2.30. The van der Waals surface area contributed by atoms with Crippen LogP contribution in [0.15, 0.2) is 24.3 Å². The van der Waals surface area contributed by atoms with E-state index >= 15 is 0 Å². The zero-order valence-electron chi connectivity index (χ0n) is 7.12. The van der Waals surface area contributed by atoms with Crippen molar-refractivity contribution >= 4 is 5.97 Å². The third kappa shape index (κ3) is 2.74. The first kappa shape index (κ1) is 9.51. The fraction of sp³-hybridized carbons (Fsp3) is 0.222. The summed E-state index contributed by atoms with van der Waals surface area (Å²) in [6.07, 6.45) is 0. The van der Waals surface area contributed by atoms with Crippen molar-refractivity contribution in [2.75, 3.05) is 13.7 Å². The van der Waals surface area contributed by atoms with Gasteiger partial charge in [0.2, 0.25) is 0 Å². The van der Waals surface area contributed by atoms with Crippen molar-refractivity contribution in [2.45, 2.75) is 0 Å². The zero-order chi connectivity index (χ0) is 9.68. The summed E-state index contributed by atoms with van der Waals surface area (Å²) < 4.78 is 22.0. The van der Waals surface area contributed by atoms with E-state index in [9.17, 15) is 9.18 Å². The summed E-state index contributed by atoms with van der Waals surface area (Å²) >= 11 is 0. The third-order valence-corrected chi connectivity index (χ3v) is 1.41. The molecule has 70 valence electrons. The summed E-state index contributed by atoms with van der Waals surface area (Å²) in [4.78, 5) is 10.6. The summed E-state index contributed by atoms with van der Waals surface area (Å²) in [7, 11) is 1.24. The first-order valence-electron chi connectivity index (χ1n) is 3.68. The van der Waals surface area contributed by atoms with E-state index in [2.05, 4.69) is 4.74 Å². The smallest absolute Gasteiger partial charge is 0.343 e. The van der Waals surface area contributed by atoms with E-state index in [1.54, 1.807) is 12.1 Å². The Morgan fingerprint density at radius 3 is 2.77 bits per heavy atom. The number of esters is 1. The Bertz CT molecular complexity index is 299. The van der Waals surface area contributed by atoms with E-state index in [0.717, 1.165) is 0 Å². The van der Waals surface area contributed by atoms with Gasteiger partial charge >= 0.3 is 5.97 Å². The van der Waals surface area contributed by atoms with Crippen LogP contribution in [0.3, 0.4) is 0 Å². The topological polar surface area (TPSA) is 35.5 Å². The van der Waals surface area contributed by atoms with Gasteiger partial charge < -0.3 is 9.47 Å². The summed E-state index contributed by atoms with van der Waals surface area (Å²) in [6, 6.07) is 5.86. The molecule has 0 heterocycles. The molecule has 1 rings (SSSR count). The van der Waals surface area contributed by atoms with E-state index in [1.165, 1.54) is 19.2 Å². The standard InChI is InChI=1S/C9H9FO3/c1-12-9(11)6-13-8-5-3-2-4-7(8)10/h2-5H,6H2,1H3. The summed E-state index contributed by atoms with van der Waals surface area (Å²) in [5.41, 5.74) is 0.